The average Bonchev–Trinajstić information content (AvgIpc) is 3.35. The average molecular weight is 513 g/mol. The molecule has 3 atom stereocenters. The number of ether oxygens (including phenoxy) is 1. The first-order valence-corrected chi connectivity index (χ1v) is 13.0. The molecule has 6 rings (SSSR count). The van der Waals surface area contributed by atoms with Crippen LogP contribution in [0.25, 0.3) is 22.2 Å². The van der Waals surface area contributed by atoms with Crippen LogP contribution in [0, 0.1) is 11.6 Å². The number of hydrogen-bond donors (Lipinski definition) is 2. The smallest absolute Gasteiger partial charge is 0.387 e. The van der Waals surface area contributed by atoms with E-state index in [-0.39, 0.29) is 21.7 Å². The van der Waals surface area contributed by atoms with Gasteiger partial charge in [-0.1, -0.05) is 18.2 Å². The predicted molar refractivity (Wildman–Crippen MR) is 129 cm³/mol. The number of alkyl halides is 2. The largest absolute Gasteiger partial charge is 0.435 e. The molecule has 2 aromatic carbocycles. The highest BCUT2D eigenvalue weighted by molar-refractivity contribution is 7.91. The molecule has 1 unspecified atom stereocenters. The van der Waals surface area contributed by atoms with Crippen molar-refractivity contribution < 1.29 is 26.6 Å². The summed E-state index contributed by atoms with van der Waals surface area (Å²) in [7, 11) is -3.18. The van der Waals surface area contributed by atoms with Gasteiger partial charge < -0.3 is 14.6 Å². The molecule has 1 amide bonds. The van der Waals surface area contributed by atoms with Crippen LogP contribution in [0.4, 0.5) is 8.78 Å². The Morgan fingerprint density at radius 1 is 1.31 bits per heavy atom. The number of pyridine rings is 1. The molecule has 8 nitrogen and oxygen atoms in total. The fraction of sp³-hybridized carbons (Fsp3) is 0.240. The number of benzene rings is 2. The van der Waals surface area contributed by atoms with Crippen LogP contribution in [0.2, 0.25) is 0 Å². The van der Waals surface area contributed by atoms with Gasteiger partial charge in [-0.15, -0.1) is 0 Å². The number of nitrogens with one attached hydrogen (secondary N) is 2. The first-order valence-electron chi connectivity index (χ1n) is 12.5. The van der Waals surface area contributed by atoms with Crippen LogP contribution in [0.1, 0.15) is 49.9 Å². The standard InChI is InChI=1S/C25H21F2N5O3S/c1-12-19(35-25(26)27)9-14-22(21(12)13-7-8-20(29-11-13)36(2,28)34)18-10-16(31-24(14)33)23-30-15-5-3-4-6-17(15)32(18)23/h3-9,11,16,18,25,28H,10H2,1-2H3,(H,31,33)/t16-,18-,36?/m1/s1/i1D3. The van der Waals surface area contributed by atoms with Crippen molar-refractivity contribution in [2.24, 2.45) is 0 Å². The molecule has 4 aromatic rings. The molecule has 11 heteroatoms. The van der Waals surface area contributed by atoms with E-state index in [1.165, 1.54) is 24.6 Å². The number of carbonyl (C=O) groups is 1. The Hall–Kier alpha value is -3.86. The van der Waals surface area contributed by atoms with Crippen molar-refractivity contribution in [2.45, 2.75) is 37.0 Å². The lowest BCUT2D eigenvalue weighted by Gasteiger charge is -2.25. The third-order valence-corrected chi connectivity index (χ3v) is 7.60. The molecule has 2 aromatic heterocycles. The van der Waals surface area contributed by atoms with Crippen LogP contribution >= 0.6 is 0 Å². The van der Waals surface area contributed by atoms with Gasteiger partial charge in [-0.05, 0) is 54.2 Å². The Morgan fingerprint density at radius 3 is 2.81 bits per heavy atom. The molecule has 2 N–H and O–H groups in total. The maximum atomic E-state index is 13.5. The van der Waals surface area contributed by atoms with Crippen LogP contribution in [-0.2, 0) is 9.73 Å². The monoisotopic (exact) mass is 512 g/mol. The Labute approximate surface area is 209 Å². The summed E-state index contributed by atoms with van der Waals surface area (Å²) in [5.74, 6) is -0.630. The minimum atomic E-state index is -3.35. The fourth-order valence-electron chi connectivity index (χ4n) is 5.13. The number of aromatic nitrogens is 3. The maximum absolute atomic E-state index is 13.5. The summed E-state index contributed by atoms with van der Waals surface area (Å²) in [4.78, 5) is 22.3. The number of amides is 1. The van der Waals surface area contributed by atoms with E-state index in [1.807, 2.05) is 28.8 Å². The predicted octanol–water partition coefficient (Wildman–Crippen LogP) is 4.82. The van der Waals surface area contributed by atoms with Gasteiger partial charge >= 0.3 is 6.61 Å². The Bertz CT molecular complexity index is 1770. The number of hydrogen-bond acceptors (Lipinski definition) is 6. The highest BCUT2D eigenvalue weighted by Crippen LogP contribution is 2.49. The van der Waals surface area contributed by atoms with Gasteiger partial charge in [0.05, 0.1) is 32.8 Å². The number of para-hydroxylation sites is 2. The van der Waals surface area contributed by atoms with Crippen molar-refractivity contribution in [3.63, 3.8) is 0 Å². The number of imidazole rings is 1. The number of halogens is 2. The molecular formula is C25H21F2N5O3S. The molecule has 0 saturated heterocycles. The summed E-state index contributed by atoms with van der Waals surface area (Å²) < 4.78 is 78.6. The molecule has 184 valence electrons. The van der Waals surface area contributed by atoms with Crippen LogP contribution in [0.15, 0.2) is 53.7 Å². The van der Waals surface area contributed by atoms with E-state index in [4.69, 9.17) is 13.9 Å². The third kappa shape index (κ3) is 3.37. The van der Waals surface area contributed by atoms with Crippen LogP contribution in [0.3, 0.4) is 0 Å². The molecule has 2 bridgehead atoms. The van der Waals surface area contributed by atoms with E-state index < -0.39 is 52.5 Å². The second-order valence-corrected chi connectivity index (χ2v) is 10.9. The van der Waals surface area contributed by atoms with Crippen LogP contribution in [0.5, 0.6) is 5.75 Å². The Balaban J connectivity index is 1.73. The van der Waals surface area contributed by atoms with Crippen LogP contribution in [-0.4, -0.2) is 37.5 Å². The van der Waals surface area contributed by atoms with Crippen molar-refractivity contribution in [3.05, 3.63) is 71.2 Å². The van der Waals surface area contributed by atoms with E-state index in [2.05, 4.69) is 15.0 Å². The van der Waals surface area contributed by atoms with Crippen LogP contribution < -0.4 is 10.1 Å². The third-order valence-electron chi connectivity index (χ3n) is 6.56. The van der Waals surface area contributed by atoms with E-state index in [0.29, 0.717) is 23.3 Å². The normalized spacial score (nSPS) is 21.6. The summed E-state index contributed by atoms with van der Waals surface area (Å²) in [6.45, 7) is -6.28. The van der Waals surface area contributed by atoms with Gasteiger partial charge in [0, 0.05) is 27.7 Å². The van der Waals surface area contributed by atoms with E-state index in [9.17, 15) is 17.8 Å². The highest BCUT2D eigenvalue weighted by atomic mass is 32.2. The first kappa shape index (κ1) is 19.3. The summed E-state index contributed by atoms with van der Waals surface area (Å²) in [6, 6.07) is 10.1. The van der Waals surface area contributed by atoms with Gasteiger partial charge in [0.25, 0.3) is 5.91 Å². The number of carbonyl (C=O) groups excluding carboxylic acids is 1. The summed E-state index contributed by atoms with van der Waals surface area (Å²) in [5, 5.41) is 2.87. The molecule has 36 heavy (non-hydrogen) atoms. The minimum Gasteiger partial charge on any atom is -0.435 e. The zero-order valence-corrected chi connectivity index (χ0v) is 19.6. The summed E-state index contributed by atoms with van der Waals surface area (Å²) in [5.41, 5.74) is 1.45. The molecule has 2 aliphatic heterocycles. The van der Waals surface area contributed by atoms with Crippen molar-refractivity contribution in [2.75, 3.05) is 6.26 Å². The Kier molecular flexibility index (Phi) is 4.20. The van der Waals surface area contributed by atoms with E-state index in [0.717, 1.165) is 11.6 Å². The zero-order valence-electron chi connectivity index (χ0n) is 21.8. The lowest BCUT2D eigenvalue weighted by atomic mass is 9.86. The molecule has 2 aliphatic rings. The van der Waals surface area contributed by atoms with E-state index in [1.54, 1.807) is 0 Å². The van der Waals surface area contributed by atoms with Crippen molar-refractivity contribution in [3.8, 4) is 16.9 Å². The number of rotatable bonds is 4. The quantitative estimate of drug-likeness (QED) is 0.407. The molecule has 0 aliphatic carbocycles. The van der Waals surface area contributed by atoms with Gasteiger partial charge in [-0.3, -0.25) is 4.79 Å². The molecule has 0 spiro atoms. The molecule has 0 fully saturated rings. The second-order valence-electron chi connectivity index (χ2n) is 8.80. The zero-order chi connectivity index (χ0) is 27.9. The van der Waals surface area contributed by atoms with Gasteiger partial charge in [-0.25, -0.2) is 19.0 Å². The topological polar surface area (TPSA) is 110 Å². The van der Waals surface area contributed by atoms with Crippen molar-refractivity contribution in [1.82, 2.24) is 19.9 Å². The highest BCUT2D eigenvalue weighted by Gasteiger charge is 2.42. The fourth-order valence-corrected chi connectivity index (χ4v) is 5.71. The minimum absolute atomic E-state index is 0.00112. The SMILES string of the molecule is [2H]C([2H])([2H])c1c(OC(F)F)cc2c(c1-c1ccc(S(C)(=N)=O)nc1)[C@H]1C[C@@H](NC2=O)c2nc3ccccc3n21. The lowest BCUT2D eigenvalue weighted by molar-refractivity contribution is -0.0503. The lowest BCUT2D eigenvalue weighted by Crippen LogP contribution is -2.28. The second kappa shape index (κ2) is 7.82. The van der Waals surface area contributed by atoms with E-state index >= 15 is 0 Å². The van der Waals surface area contributed by atoms with Crippen molar-refractivity contribution >= 4 is 26.7 Å². The molecule has 4 heterocycles. The van der Waals surface area contributed by atoms with Crippen molar-refractivity contribution in [1.29, 1.82) is 4.78 Å². The first-order chi connectivity index (χ1) is 18.3. The summed E-state index contributed by atoms with van der Waals surface area (Å²) in [6.07, 6.45) is 2.79. The van der Waals surface area contributed by atoms with Gasteiger partial charge in [0.1, 0.15) is 16.6 Å². The maximum Gasteiger partial charge on any atom is 0.387 e. The summed E-state index contributed by atoms with van der Waals surface area (Å²) >= 11 is 0. The molecule has 0 saturated carbocycles. The number of nitrogens with zero attached hydrogens (tertiary/aromatic N) is 3. The van der Waals surface area contributed by atoms with Gasteiger partial charge in [0.2, 0.25) is 0 Å². The molecule has 0 radical (unpaired) electrons. The Morgan fingerprint density at radius 2 is 2.11 bits per heavy atom. The van der Waals surface area contributed by atoms with Gasteiger partial charge in [0.15, 0.2) is 0 Å². The van der Waals surface area contributed by atoms with Gasteiger partial charge in [-0.2, -0.15) is 8.78 Å². The number of fused-ring (bicyclic) bond motifs is 9. The molecular weight excluding hydrogens is 488 g/mol.